The zero-order chi connectivity index (χ0) is 11.0. The van der Waals surface area contributed by atoms with Crippen molar-refractivity contribution in [3.63, 3.8) is 0 Å². The molecule has 0 radical (unpaired) electrons. The van der Waals surface area contributed by atoms with Crippen LogP contribution in [-0.4, -0.2) is 0 Å². The van der Waals surface area contributed by atoms with E-state index < -0.39 is 0 Å². The van der Waals surface area contributed by atoms with Crippen LogP contribution in [0.4, 0.5) is 5.69 Å². The molecule has 0 aliphatic heterocycles. The fourth-order valence-electron chi connectivity index (χ4n) is 1.43. The molecule has 0 atom stereocenters. The molecule has 0 spiro atoms. The number of nitrogens with two attached hydrogens (primary N) is 1. The van der Waals surface area contributed by atoms with Crippen LogP contribution in [0.1, 0.15) is 16.0 Å². The highest BCUT2D eigenvalue weighted by atomic mass is 32.1. The average Bonchev–Trinajstić information content (AvgIpc) is 2.74. The van der Waals surface area contributed by atoms with Crippen LogP contribution in [0.2, 0.25) is 0 Å². The first-order valence-electron chi connectivity index (χ1n) is 4.48. The Kier molecular flexibility index (Phi) is 2.25. The summed E-state index contributed by atoms with van der Waals surface area (Å²) in [5, 5.41) is 8.87. The van der Waals surface area contributed by atoms with Gasteiger partial charge in [-0.25, -0.2) is 0 Å². The number of nitriles is 1. The van der Waals surface area contributed by atoms with Crippen LogP contribution in [0.5, 0.6) is 0 Å². The molecular formula is C11H10N2OS. The van der Waals surface area contributed by atoms with E-state index in [0.717, 1.165) is 21.8 Å². The highest BCUT2D eigenvalue weighted by molar-refractivity contribution is 7.16. The van der Waals surface area contributed by atoms with E-state index in [2.05, 4.69) is 6.07 Å². The van der Waals surface area contributed by atoms with Gasteiger partial charge in [0.2, 0.25) is 0 Å². The summed E-state index contributed by atoms with van der Waals surface area (Å²) in [6, 6.07) is 3.99. The normalized spacial score (nSPS) is 10.2. The van der Waals surface area contributed by atoms with Crippen molar-refractivity contribution in [3.05, 3.63) is 28.3 Å². The Morgan fingerprint density at radius 1 is 1.47 bits per heavy atom. The third-order valence-corrected chi connectivity index (χ3v) is 3.57. The molecule has 0 aliphatic rings. The number of aryl methyl sites for hydroxylation is 1. The van der Waals surface area contributed by atoms with Crippen molar-refractivity contribution in [1.29, 1.82) is 5.26 Å². The largest absolute Gasteiger partial charge is 0.463 e. The van der Waals surface area contributed by atoms with Crippen LogP contribution in [0, 0.1) is 25.2 Å². The Bertz CT molecular complexity index is 545. The van der Waals surface area contributed by atoms with Crippen LogP contribution >= 0.6 is 11.3 Å². The van der Waals surface area contributed by atoms with Gasteiger partial charge in [-0.2, -0.15) is 5.26 Å². The molecule has 0 bridgehead atoms. The lowest BCUT2D eigenvalue weighted by molar-refractivity contribution is 0.582. The minimum absolute atomic E-state index is 0.554. The molecule has 3 nitrogen and oxygen atoms in total. The molecule has 2 N–H and O–H groups in total. The van der Waals surface area contributed by atoms with Crippen molar-refractivity contribution in [1.82, 2.24) is 0 Å². The maximum atomic E-state index is 8.87. The number of rotatable bonds is 1. The van der Waals surface area contributed by atoms with E-state index in [1.807, 2.05) is 19.9 Å². The number of nitrogens with zero attached hydrogens (tertiary/aromatic N) is 1. The third kappa shape index (κ3) is 1.41. The van der Waals surface area contributed by atoms with Gasteiger partial charge in [0.05, 0.1) is 16.8 Å². The number of nitrogen functional groups attached to an aromatic ring is 1. The van der Waals surface area contributed by atoms with Gasteiger partial charge in [-0.1, -0.05) is 0 Å². The van der Waals surface area contributed by atoms with E-state index in [1.54, 1.807) is 6.26 Å². The minimum Gasteiger partial charge on any atom is -0.463 e. The SMILES string of the molecule is Cc1ccoc1-c1sc(C#N)c(N)c1C. The van der Waals surface area contributed by atoms with Gasteiger partial charge in [-0.05, 0) is 31.0 Å². The van der Waals surface area contributed by atoms with Gasteiger partial charge < -0.3 is 10.2 Å². The second-order valence-corrected chi connectivity index (χ2v) is 4.36. The summed E-state index contributed by atoms with van der Waals surface area (Å²) in [5.41, 5.74) is 8.36. The lowest BCUT2D eigenvalue weighted by Gasteiger charge is -1.96. The summed E-state index contributed by atoms with van der Waals surface area (Å²) in [5.74, 6) is 0.811. The van der Waals surface area contributed by atoms with Crippen LogP contribution in [-0.2, 0) is 0 Å². The van der Waals surface area contributed by atoms with Crippen molar-refractivity contribution >= 4 is 17.0 Å². The highest BCUT2D eigenvalue weighted by Gasteiger charge is 2.17. The van der Waals surface area contributed by atoms with E-state index >= 15 is 0 Å². The van der Waals surface area contributed by atoms with Crippen LogP contribution in [0.25, 0.3) is 10.6 Å². The number of thiophene rings is 1. The molecule has 2 rings (SSSR count). The summed E-state index contributed by atoms with van der Waals surface area (Å²) >= 11 is 1.38. The molecule has 0 aliphatic carbocycles. The van der Waals surface area contributed by atoms with Crippen molar-refractivity contribution in [2.24, 2.45) is 0 Å². The van der Waals surface area contributed by atoms with Gasteiger partial charge in [0.25, 0.3) is 0 Å². The summed E-state index contributed by atoms with van der Waals surface area (Å²) in [7, 11) is 0. The molecule has 0 unspecified atom stereocenters. The molecular weight excluding hydrogens is 208 g/mol. The van der Waals surface area contributed by atoms with Gasteiger partial charge >= 0.3 is 0 Å². The lowest BCUT2D eigenvalue weighted by atomic mass is 10.1. The monoisotopic (exact) mass is 218 g/mol. The summed E-state index contributed by atoms with van der Waals surface area (Å²) < 4.78 is 5.39. The Morgan fingerprint density at radius 3 is 2.67 bits per heavy atom. The molecule has 4 heteroatoms. The molecule has 2 aromatic heterocycles. The Hall–Kier alpha value is -1.73. The van der Waals surface area contributed by atoms with Crippen molar-refractivity contribution < 1.29 is 4.42 Å². The first-order valence-corrected chi connectivity index (χ1v) is 5.30. The maximum absolute atomic E-state index is 8.87. The van der Waals surface area contributed by atoms with Crippen LogP contribution in [0.3, 0.4) is 0 Å². The van der Waals surface area contributed by atoms with Crippen molar-refractivity contribution in [2.45, 2.75) is 13.8 Å². The maximum Gasteiger partial charge on any atom is 0.147 e. The summed E-state index contributed by atoms with van der Waals surface area (Å²) in [6.45, 7) is 3.88. The first-order chi connectivity index (χ1) is 7.15. The van der Waals surface area contributed by atoms with Gasteiger partial charge in [-0.15, -0.1) is 11.3 Å². The smallest absolute Gasteiger partial charge is 0.147 e. The van der Waals surface area contributed by atoms with Crippen molar-refractivity contribution in [2.75, 3.05) is 5.73 Å². The fourth-order valence-corrected chi connectivity index (χ4v) is 2.51. The second kappa shape index (κ2) is 3.44. The molecule has 76 valence electrons. The lowest BCUT2D eigenvalue weighted by Crippen LogP contribution is -1.87. The molecule has 15 heavy (non-hydrogen) atoms. The number of anilines is 1. The molecule has 0 aromatic carbocycles. The van der Waals surface area contributed by atoms with Gasteiger partial charge in [-0.3, -0.25) is 0 Å². The molecule has 2 heterocycles. The molecule has 0 amide bonds. The molecule has 0 fully saturated rings. The number of hydrogen-bond acceptors (Lipinski definition) is 4. The van der Waals surface area contributed by atoms with Gasteiger partial charge in [0.15, 0.2) is 0 Å². The third-order valence-electron chi connectivity index (χ3n) is 2.36. The zero-order valence-electron chi connectivity index (χ0n) is 8.50. The average molecular weight is 218 g/mol. The quantitative estimate of drug-likeness (QED) is 0.800. The topological polar surface area (TPSA) is 63.0 Å². The van der Waals surface area contributed by atoms with Crippen LogP contribution < -0.4 is 5.73 Å². The summed E-state index contributed by atoms with van der Waals surface area (Å²) in [4.78, 5) is 1.50. The fraction of sp³-hybridized carbons (Fsp3) is 0.182. The van der Waals surface area contributed by atoms with E-state index in [4.69, 9.17) is 15.4 Å². The number of furan rings is 1. The zero-order valence-corrected chi connectivity index (χ0v) is 9.31. The minimum atomic E-state index is 0.554. The molecule has 2 aromatic rings. The molecule has 0 saturated carbocycles. The Labute approximate surface area is 91.8 Å². The number of hydrogen-bond donors (Lipinski definition) is 1. The molecule has 0 saturated heterocycles. The Balaban J connectivity index is 2.66. The van der Waals surface area contributed by atoms with Gasteiger partial charge in [0.1, 0.15) is 16.7 Å². The van der Waals surface area contributed by atoms with E-state index in [9.17, 15) is 0 Å². The second-order valence-electron chi connectivity index (χ2n) is 3.34. The van der Waals surface area contributed by atoms with Crippen molar-refractivity contribution in [3.8, 4) is 16.7 Å². The Morgan fingerprint density at radius 2 is 2.20 bits per heavy atom. The van der Waals surface area contributed by atoms with E-state index in [1.165, 1.54) is 11.3 Å². The predicted octanol–water partition coefficient (Wildman–Crippen LogP) is 3.08. The van der Waals surface area contributed by atoms with Crippen LogP contribution in [0.15, 0.2) is 16.7 Å². The standard InChI is InChI=1S/C11H10N2OS/c1-6-3-4-14-10(6)11-7(2)9(13)8(5-12)15-11/h3-4H,13H2,1-2H3. The van der Waals surface area contributed by atoms with Gasteiger partial charge in [0, 0.05) is 0 Å². The summed E-state index contributed by atoms with van der Waals surface area (Å²) in [6.07, 6.45) is 1.64. The van der Waals surface area contributed by atoms with E-state index in [0.29, 0.717) is 10.6 Å². The predicted molar refractivity (Wildman–Crippen MR) is 60.6 cm³/mol. The first kappa shape index (κ1) is 9.81. The highest BCUT2D eigenvalue weighted by Crippen LogP contribution is 2.39. The van der Waals surface area contributed by atoms with E-state index in [-0.39, 0.29) is 0 Å².